The highest BCUT2D eigenvalue weighted by atomic mass is 19.4. The Labute approximate surface area is 119 Å². The summed E-state index contributed by atoms with van der Waals surface area (Å²) in [6.45, 7) is 0.250. The van der Waals surface area contributed by atoms with Crippen molar-refractivity contribution in [2.75, 3.05) is 13.6 Å². The Hall–Kier alpha value is -1.63. The molecule has 2 rings (SSSR count). The van der Waals surface area contributed by atoms with Crippen LogP contribution in [0.15, 0.2) is 18.2 Å². The van der Waals surface area contributed by atoms with Gasteiger partial charge in [0.2, 0.25) is 0 Å². The molecular formula is C14H16F4N2O. The van der Waals surface area contributed by atoms with Gasteiger partial charge in [0.1, 0.15) is 5.82 Å². The molecule has 1 aliphatic carbocycles. The molecular weight excluding hydrogens is 288 g/mol. The van der Waals surface area contributed by atoms with E-state index in [2.05, 4.69) is 0 Å². The predicted octanol–water partition coefficient (Wildman–Crippen LogP) is 2.65. The first-order valence-corrected chi connectivity index (χ1v) is 6.59. The summed E-state index contributed by atoms with van der Waals surface area (Å²) in [7, 11) is 1.51. The van der Waals surface area contributed by atoms with E-state index in [1.807, 2.05) is 0 Å². The molecule has 1 aromatic carbocycles. The number of benzene rings is 1. The van der Waals surface area contributed by atoms with E-state index in [1.165, 1.54) is 11.9 Å². The molecule has 0 spiro atoms. The highest BCUT2D eigenvalue weighted by Crippen LogP contribution is 2.35. The minimum atomic E-state index is -4.83. The molecule has 1 amide bonds. The van der Waals surface area contributed by atoms with Gasteiger partial charge < -0.3 is 10.6 Å². The molecule has 0 heterocycles. The second-order valence-corrected chi connectivity index (χ2v) is 5.25. The van der Waals surface area contributed by atoms with Gasteiger partial charge >= 0.3 is 6.18 Å². The zero-order valence-electron chi connectivity index (χ0n) is 11.5. The summed E-state index contributed by atoms with van der Waals surface area (Å²) in [5.41, 5.74) is 4.00. The topological polar surface area (TPSA) is 46.3 Å². The highest BCUT2D eigenvalue weighted by molar-refractivity contribution is 5.94. The van der Waals surface area contributed by atoms with Crippen molar-refractivity contribution in [3.63, 3.8) is 0 Å². The summed E-state index contributed by atoms with van der Waals surface area (Å²) in [5.74, 6) is -1.67. The molecule has 0 aromatic heterocycles. The third-order valence-electron chi connectivity index (χ3n) is 3.74. The van der Waals surface area contributed by atoms with Gasteiger partial charge in [-0.1, -0.05) is 0 Å². The Morgan fingerprint density at radius 3 is 2.52 bits per heavy atom. The molecule has 1 unspecified atom stereocenters. The Bertz CT molecular complexity index is 540. The molecule has 1 aliphatic rings. The monoisotopic (exact) mass is 304 g/mol. The minimum Gasteiger partial charge on any atom is -0.337 e. The number of hydrogen-bond acceptors (Lipinski definition) is 2. The molecule has 3 nitrogen and oxygen atoms in total. The van der Waals surface area contributed by atoms with Gasteiger partial charge in [0.05, 0.1) is 5.56 Å². The summed E-state index contributed by atoms with van der Waals surface area (Å²) in [4.78, 5) is 13.6. The zero-order valence-corrected chi connectivity index (χ0v) is 11.5. The van der Waals surface area contributed by atoms with E-state index < -0.39 is 23.5 Å². The van der Waals surface area contributed by atoms with Crippen molar-refractivity contribution < 1.29 is 22.4 Å². The number of halogens is 4. The van der Waals surface area contributed by atoms with Crippen molar-refractivity contribution in [2.45, 2.75) is 25.1 Å². The fraction of sp³-hybridized carbons (Fsp3) is 0.500. The van der Waals surface area contributed by atoms with Crippen molar-refractivity contribution in [3.05, 3.63) is 35.1 Å². The first-order chi connectivity index (χ1) is 9.75. The molecule has 1 aromatic rings. The number of rotatable bonds is 4. The zero-order chi connectivity index (χ0) is 15.8. The predicted molar refractivity (Wildman–Crippen MR) is 69.1 cm³/mol. The molecule has 1 saturated carbocycles. The molecule has 1 atom stereocenters. The van der Waals surface area contributed by atoms with Crippen LogP contribution in [-0.4, -0.2) is 30.4 Å². The molecule has 1 fully saturated rings. The minimum absolute atomic E-state index is 0.190. The van der Waals surface area contributed by atoms with Crippen LogP contribution in [-0.2, 0) is 6.18 Å². The SMILES string of the molecule is CN(C(=O)c1ccc(F)c(C(F)(F)F)c1)C(CN)C1CC1. The van der Waals surface area contributed by atoms with Crippen LogP contribution in [0.1, 0.15) is 28.8 Å². The van der Waals surface area contributed by atoms with Crippen molar-refractivity contribution in [1.82, 2.24) is 4.90 Å². The maximum Gasteiger partial charge on any atom is 0.419 e. The fourth-order valence-electron chi connectivity index (χ4n) is 2.38. The lowest BCUT2D eigenvalue weighted by Gasteiger charge is -2.27. The van der Waals surface area contributed by atoms with Gasteiger partial charge in [0.25, 0.3) is 5.91 Å². The third kappa shape index (κ3) is 3.34. The normalized spacial score (nSPS) is 16.7. The maximum absolute atomic E-state index is 13.2. The number of nitrogens with two attached hydrogens (primary N) is 1. The Kier molecular flexibility index (Phi) is 4.22. The Morgan fingerprint density at radius 2 is 2.05 bits per heavy atom. The van der Waals surface area contributed by atoms with Crippen molar-refractivity contribution in [3.8, 4) is 0 Å². The first kappa shape index (κ1) is 15.8. The first-order valence-electron chi connectivity index (χ1n) is 6.59. The lowest BCUT2D eigenvalue weighted by Crippen LogP contribution is -2.43. The Balaban J connectivity index is 2.26. The number of amides is 1. The van der Waals surface area contributed by atoms with Crippen LogP contribution in [0.4, 0.5) is 17.6 Å². The van der Waals surface area contributed by atoms with E-state index in [9.17, 15) is 22.4 Å². The highest BCUT2D eigenvalue weighted by Gasteiger charge is 2.37. The standard InChI is InChI=1S/C14H16F4N2O/c1-20(12(7-19)8-2-3-8)13(21)9-4-5-11(15)10(6-9)14(16,17)18/h4-6,8,12H,2-3,7,19H2,1H3. The summed E-state index contributed by atoms with van der Waals surface area (Å²) in [6.07, 6.45) is -2.92. The van der Waals surface area contributed by atoms with E-state index in [0.29, 0.717) is 18.1 Å². The number of carbonyl (C=O) groups is 1. The lowest BCUT2D eigenvalue weighted by molar-refractivity contribution is -0.140. The molecule has 116 valence electrons. The van der Waals surface area contributed by atoms with Gasteiger partial charge in [0.15, 0.2) is 0 Å². The summed E-state index contributed by atoms with van der Waals surface area (Å²) in [5, 5.41) is 0. The smallest absolute Gasteiger partial charge is 0.337 e. The van der Waals surface area contributed by atoms with Crippen molar-refractivity contribution in [2.24, 2.45) is 11.7 Å². The lowest BCUT2D eigenvalue weighted by atomic mass is 10.1. The number of hydrogen-bond donors (Lipinski definition) is 1. The largest absolute Gasteiger partial charge is 0.419 e. The summed E-state index contributed by atoms with van der Waals surface area (Å²) < 4.78 is 51.2. The number of alkyl halides is 3. The van der Waals surface area contributed by atoms with Gasteiger partial charge in [-0.25, -0.2) is 4.39 Å². The number of nitrogens with zero attached hydrogens (tertiary/aromatic N) is 1. The van der Waals surface area contributed by atoms with E-state index in [1.54, 1.807) is 0 Å². The van der Waals surface area contributed by atoms with Gasteiger partial charge in [-0.2, -0.15) is 13.2 Å². The van der Waals surface area contributed by atoms with Crippen LogP contribution in [0.25, 0.3) is 0 Å². The van der Waals surface area contributed by atoms with Crippen molar-refractivity contribution >= 4 is 5.91 Å². The van der Waals surface area contributed by atoms with Crippen LogP contribution in [0.5, 0.6) is 0 Å². The van der Waals surface area contributed by atoms with E-state index in [0.717, 1.165) is 18.9 Å². The van der Waals surface area contributed by atoms with Crippen LogP contribution < -0.4 is 5.73 Å². The Morgan fingerprint density at radius 1 is 1.43 bits per heavy atom. The van der Waals surface area contributed by atoms with Gasteiger partial charge in [-0.15, -0.1) is 0 Å². The summed E-state index contributed by atoms with van der Waals surface area (Å²) >= 11 is 0. The number of carbonyl (C=O) groups excluding carboxylic acids is 1. The quantitative estimate of drug-likeness (QED) is 0.869. The fourth-order valence-corrected chi connectivity index (χ4v) is 2.38. The molecule has 0 aliphatic heterocycles. The van der Waals surface area contributed by atoms with Crippen LogP contribution in [0, 0.1) is 11.7 Å². The molecule has 0 bridgehead atoms. The summed E-state index contributed by atoms with van der Waals surface area (Å²) in [6, 6.07) is 2.08. The van der Waals surface area contributed by atoms with E-state index in [4.69, 9.17) is 5.73 Å². The maximum atomic E-state index is 13.2. The van der Waals surface area contributed by atoms with Gasteiger partial charge in [0, 0.05) is 25.2 Å². The molecule has 0 saturated heterocycles. The molecule has 21 heavy (non-hydrogen) atoms. The third-order valence-corrected chi connectivity index (χ3v) is 3.74. The average molecular weight is 304 g/mol. The van der Waals surface area contributed by atoms with Gasteiger partial charge in [-0.3, -0.25) is 4.79 Å². The average Bonchev–Trinajstić information content (AvgIpc) is 3.22. The van der Waals surface area contributed by atoms with Gasteiger partial charge in [-0.05, 0) is 37.0 Å². The second kappa shape index (κ2) is 5.63. The van der Waals surface area contributed by atoms with Crippen LogP contribution in [0.2, 0.25) is 0 Å². The van der Waals surface area contributed by atoms with Crippen LogP contribution >= 0.6 is 0 Å². The molecule has 2 N–H and O–H groups in total. The van der Waals surface area contributed by atoms with E-state index in [-0.39, 0.29) is 18.2 Å². The molecule has 0 radical (unpaired) electrons. The second-order valence-electron chi connectivity index (χ2n) is 5.25. The van der Waals surface area contributed by atoms with E-state index >= 15 is 0 Å². The van der Waals surface area contributed by atoms with Crippen molar-refractivity contribution in [1.29, 1.82) is 0 Å². The molecule has 7 heteroatoms. The van der Waals surface area contributed by atoms with Crippen LogP contribution in [0.3, 0.4) is 0 Å². The number of likely N-dealkylation sites (N-methyl/N-ethyl adjacent to an activating group) is 1.